The number of fused-ring (bicyclic) bond motifs is 3. The van der Waals surface area contributed by atoms with Crippen LogP contribution in [0, 0.1) is 5.82 Å². The lowest BCUT2D eigenvalue weighted by molar-refractivity contribution is -0.152. The van der Waals surface area contributed by atoms with E-state index < -0.39 is 35.4 Å². The first kappa shape index (κ1) is 20.2. The van der Waals surface area contributed by atoms with Gasteiger partial charge in [-0.1, -0.05) is 12.1 Å². The van der Waals surface area contributed by atoms with Gasteiger partial charge in [-0.25, -0.2) is 18.7 Å². The minimum Gasteiger partial charge on any atom is -0.467 e. The quantitative estimate of drug-likeness (QED) is 0.634. The molecular formula is C21H17FN4O5. The Balaban J connectivity index is 2.03. The average Bonchev–Trinajstić information content (AvgIpc) is 2.92. The Labute approximate surface area is 175 Å². The number of rotatable bonds is 3. The summed E-state index contributed by atoms with van der Waals surface area (Å²) in [6, 6.07) is 9.37. The third-order valence-corrected chi connectivity index (χ3v) is 4.91. The lowest BCUT2D eigenvalue weighted by Gasteiger charge is -2.24. The Hall–Kier alpha value is -4.08. The van der Waals surface area contributed by atoms with E-state index in [2.05, 4.69) is 15.4 Å². The molecule has 2 atom stereocenters. The molecule has 0 saturated heterocycles. The van der Waals surface area contributed by atoms with Crippen LogP contribution < -0.4 is 10.9 Å². The monoisotopic (exact) mass is 424 g/mol. The van der Waals surface area contributed by atoms with E-state index in [0.29, 0.717) is 16.8 Å². The van der Waals surface area contributed by atoms with Crippen molar-refractivity contribution in [2.75, 3.05) is 19.5 Å². The number of benzene rings is 2. The SMILES string of the molecule is COC(=O)[C@@H]1[C@H](C(=O)OC)Nc2ccccc2-c2nc(=O)c(-c3ccc(F)cc3)nn21. The number of aromatic nitrogens is 3. The van der Waals surface area contributed by atoms with Crippen molar-refractivity contribution in [3.8, 4) is 22.6 Å². The summed E-state index contributed by atoms with van der Waals surface area (Å²) in [6.07, 6.45) is 0. The van der Waals surface area contributed by atoms with E-state index in [1.807, 2.05) is 0 Å². The van der Waals surface area contributed by atoms with Crippen LogP contribution >= 0.6 is 0 Å². The Morgan fingerprint density at radius 2 is 1.71 bits per heavy atom. The first-order valence-electron chi connectivity index (χ1n) is 9.23. The van der Waals surface area contributed by atoms with Crippen molar-refractivity contribution in [3.05, 3.63) is 64.7 Å². The molecule has 0 amide bonds. The zero-order chi connectivity index (χ0) is 22.1. The molecule has 31 heavy (non-hydrogen) atoms. The van der Waals surface area contributed by atoms with E-state index in [1.54, 1.807) is 24.3 Å². The fourth-order valence-electron chi connectivity index (χ4n) is 3.43. The summed E-state index contributed by atoms with van der Waals surface area (Å²) >= 11 is 0. The number of methoxy groups -OCH3 is 2. The number of ether oxygens (including phenoxy) is 2. The fourth-order valence-corrected chi connectivity index (χ4v) is 3.43. The molecule has 0 radical (unpaired) electrons. The number of nitrogens with one attached hydrogen (secondary N) is 1. The summed E-state index contributed by atoms with van der Waals surface area (Å²) in [5.74, 6) is -1.94. The number of para-hydroxylation sites is 1. The van der Waals surface area contributed by atoms with E-state index in [1.165, 1.54) is 43.2 Å². The molecular weight excluding hydrogens is 407 g/mol. The second-order valence-electron chi connectivity index (χ2n) is 6.70. The molecule has 0 bridgehead atoms. The van der Waals surface area contributed by atoms with E-state index >= 15 is 0 Å². The number of hydrogen-bond acceptors (Lipinski definition) is 8. The van der Waals surface area contributed by atoms with Crippen LogP contribution in [0.1, 0.15) is 6.04 Å². The van der Waals surface area contributed by atoms with Gasteiger partial charge >= 0.3 is 11.9 Å². The Morgan fingerprint density at radius 3 is 2.39 bits per heavy atom. The minimum absolute atomic E-state index is 0.0702. The maximum absolute atomic E-state index is 13.3. The van der Waals surface area contributed by atoms with Crippen LogP contribution in [0.4, 0.5) is 10.1 Å². The minimum atomic E-state index is -1.33. The Kier molecular flexibility index (Phi) is 5.20. The van der Waals surface area contributed by atoms with Crippen LogP contribution in [0.15, 0.2) is 53.3 Å². The lowest BCUT2D eigenvalue weighted by Crippen LogP contribution is -2.44. The number of nitrogens with zero attached hydrogens (tertiary/aromatic N) is 3. The van der Waals surface area contributed by atoms with Gasteiger partial charge < -0.3 is 14.8 Å². The van der Waals surface area contributed by atoms with Crippen molar-refractivity contribution in [2.24, 2.45) is 0 Å². The zero-order valence-electron chi connectivity index (χ0n) is 16.5. The largest absolute Gasteiger partial charge is 0.467 e. The summed E-state index contributed by atoms with van der Waals surface area (Å²) in [6.45, 7) is 0. The van der Waals surface area contributed by atoms with Gasteiger partial charge in [-0.05, 0) is 36.4 Å². The molecule has 0 unspecified atom stereocenters. The maximum atomic E-state index is 13.3. The summed E-state index contributed by atoms with van der Waals surface area (Å²) in [5, 5.41) is 7.34. The van der Waals surface area contributed by atoms with E-state index in [9.17, 15) is 18.8 Å². The number of halogens is 1. The molecule has 0 spiro atoms. The molecule has 10 heteroatoms. The first-order chi connectivity index (χ1) is 14.9. The molecule has 1 aliphatic heterocycles. The number of carbonyl (C=O) groups excluding carboxylic acids is 2. The van der Waals surface area contributed by atoms with Gasteiger partial charge in [0.2, 0.25) is 0 Å². The molecule has 0 fully saturated rings. The Morgan fingerprint density at radius 1 is 1.03 bits per heavy atom. The van der Waals surface area contributed by atoms with Gasteiger partial charge in [-0.3, -0.25) is 4.79 Å². The van der Waals surface area contributed by atoms with Crippen LogP contribution in [0.5, 0.6) is 0 Å². The van der Waals surface area contributed by atoms with Crippen molar-refractivity contribution in [2.45, 2.75) is 12.1 Å². The molecule has 2 aromatic carbocycles. The normalized spacial score (nSPS) is 16.9. The van der Waals surface area contributed by atoms with Crippen molar-refractivity contribution < 1.29 is 23.5 Å². The predicted molar refractivity (Wildman–Crippen MR) is 108 cm³/mol. The van der Waals surface area contributed by atoms with Gasteiger partial charge in [0.05, 0.1) is 14.2 Å². The highest BCUT2D eigenvalue weighted by atomic mass is 19.1. The number of esters is 2. The fraction of sp³-hybridized carbons (Fsp3) is 0.190. The van der Waals surface area contributed by atoms with Crippen molar-refractivity contribution >= 4 is 17.6 Å². The first-order valence-corrected chi connectivity index (χ1v) is 9.23. The standard InChI is InChI=1S/C21H17FN4O5/c1-30-20(28)16-17(21(29)31-2)26-18(13-5-3-4-6-14(13)23-16)24-19(27)15(25-26)11-7-9-12(22)10-8-11/h3-10,16-17,23H,1-2H3/t16-,17+/m1/s1. The van der Waals surface area contributed by atoms with Crippen LogP contribution in [-0.4, -0.2) is 47.0 Å². The molecule has 3 aromatic rings. The summed E-state index contributed by atoms with van der Waals surface area (Å²) in [4.78, 5) is 42.3. The van der Waals surface area contributed by atoms with Gasteiger partial charge in [0.25, 0.3) is 5.56 Å². The molecule has 4 rings (SSSR count). The molecule has 1 aromatic heterocycles. The summed E-state index contributed by atoms with van der Waals surface area (Å²) < 4.78 is 24.3. The number of carbonyl (C=O) groups is 2. The van der Waals surface area contributed by atoms with Gasteiger partial charge in [-0.2, -0.15) is 10.1 Å². The molecule has 0 saturated carbocycles. The number of anilines is 1. The topological polar surface area (TPSA) is 112 Å². The molecule has 158 valence electrons. The van der Waals surface area contributed by atoms with E-state index in [-0.39, 0.29) is 11.5 Å². The second-order valence-corrected chi connectivity index (χ2v) is 6.70. The molecule has 2 heterocycles. The van der Waals surface area contributed by atoms with Gasteiger partial charge in [-0.15, -0.1) is 0 Å². The van der Waals surface area contributed by atoms with Gasteiger partial charge in [0, 0.05) is 16.8 Å². The second kappa shape index (κ2) is 7.98. The third kappa shape index (κ3) is 3.52. The van der Waals surface area contributed by atoms with Crippen LogP contribution in [0.25, 0.3) is 22.6 Å². The van der Waals surface area contributed by atoms with Gasteiger partial charge in [0.1, 0.15) is 5.82 Å². The van der Waals surface area contributed by atoms with Crippen LogP contribution in [0.3, 0.4) is 0 Å². The van der Waals surface area contributed by atoms with Crippen LogP contribution in [0.2, 0.25) is 0 Å². The smallest absolute Gasteiger partial charge is 0.333 e. The van der Waals surface area contributed by atoms with Crippen molar-refractivity contribution in [1.82, 2.24) is 14.8 Å². The van der Waals surface area contributed by atoms with Crippen molar-refractivity contribution in [1.29, 1.82) is 0 Å². The highest BCUT2D eigenvalue weighted by Gasteiger charge is 2.42. The average molecular weight is 424 g/mol. The molecule has 1 N–H and O–H groups in total. The highest BCUT2D eigenvalue weighted by Crippen LogP contribution is 2.34. The molecule has 1 aliphatic rings. The third-order valence-electron chi connectivity index (χ3n) is 4.91. The highest BCUT2D eigenvalue weighted by molar-refractivity contribution is 5.91. The lowest BCUT2D eigenvalue weighted by atomic mass is 10.1. The maximum Gasteiger partial charge on any atom is 0.333 e. The Bertz CT molecular complexity index is 1230. The van der Waals surface area contributed by atoms with E-state index in [0.717, 1.165) is 0 Å². The summed E-state index contributed by atoms with van der Waals surface area (Å²) in [5.41, 5.74) is 0.436. The molecule has 0 aliphatic carbocycles. The van der Waals surface area contributed by atoms with E-state index in [4.69, 9.17) is 9.47 Å². The molecule has 9 nitrogen and oxygen atoms in total. The number of hydrogen-bond donors (Lipinski definition) is 1. The van der Waals surface area contributed by atoms with Crippen molar-refractivity contribution in [3.63, 3.8) is 0 Å². The van der Waals surface area contributed by atoms with Crippen LogP contribution in [-0.2, 0) is 19.1 Å². The predicted octanol–water partition coefficient (Wildman–Crippen LogP) is 1.79. The zero-order valence-corrected chi connectivity index (χ0v) is 16.5. The van der Waals surface area contributed by atoms with Gasteiger partial charge in [0.15, 0.2) is 23.6 Å². The summed E-state index contributed by atoms with van der Waals surface area (Å²) in [7, 11) is 2.36.